The number of aromatic nitrogens is 1. The molecule has 8 aromatic rings. The van der Waals surface area contributed by atoms with Crippen molar-refractivity contribution in [2.24, 2.45) is 0 Å². The summed E-state index contributed by atoms with van der Waals surface area (Å²) >= 11 is 0. The molecule has 3 aliphatic heterocycles. The molecular weight excluding hydrogens is 878 g/mol. The molecule has 0 spiro atoms. The Balaban J connectivity index is 0.00000396. The monoisotopic (exact) mass is 918 g/mol. The van der Waals surface area contributed by atoms with Gasteiger partial charge in [-0.3, -0.25) is 0 Å². The third-order valence-corrected chi connectivity index (χ3v) is 12.1. The summed E-state index contributed by atoms with van der Waals surface area (Å²) in [7, 11) is 4.24. The first-order valence-corrected chi connectivity index (χ1v) is 19.4. The Labute approximate surface area is 349 Å². The van der Waals surface area contributed by atoms with Crippen molar-refractivity contribution in [3.8, 4) is 5.69 Å². The van der Waals surface area contributed by atoms with Gasteiger partial charge in [0.15, 0.2) is 0 Å². The molecule has 0 radical (unpaired) electrons. The average Bonchev–Trinajstić information content (AvgIpc) is 3.87. The number of para-hydroxylation sites is 6. The van der Waals surface area contributed by atoms with Crippen LogP contribution in [0.5, 0.6) is 0 Å². The second kappa shape index (κ2) is 12.9. The van der Waals surface area contributed by atoms with E-state index in [-0.39, 0.29) is 26.5 Å². The molecule has 57 heavy (non-hydrogen) atoms. The first-order chi connectivity index (χ1) is 27.2. The topological polar surface area (TPSA) is 17.9 Å². The number of fused-ring (bicyclic) bond motifs is 7. The molecular formula is C51H41N5Pt. The quantitative estimate of drug-likeness (QED) is 0.164. The minimum Gasteiger partial charge on any atom is -0.504 e. The van der Waals surface area contributed by atoms with Crippen molar-refractivity contribution in [3.05, 3.63) is 199 Å². The predicted octanol–water partition coefficient (Wildman–Crippen LogP) is 11.8. The first kappa shape index (κ1) is 35.6. The molecule has 0 saturated heterocycles. The number of benzene rings is 7. The molecule has 0 saturated carbocycles. The summed E-state index contributed by atoms with van der Waals surface area (Å²) in [6, 6.07) is 61.6. The van der Waals surface area contributed by atoms with Gasteiger partial charge in [-0.05, 0) is 61.0 Å². The van der Waals surface area contributed by atoms with Crippen molar-refractivity contribution < 1.29 is 21.1 Å². The predicted molar refractivity (Wildman–Crippen MR) is 232 cm³/mol. The Bertz CT molecular complexity index is 2870. The Morgan fingerprint density at radius 1 is 0.544 bits per heavy atom. The van der Waals surface area contributed by atoms with E-state index in [1.54, 1.807) is 0 Å². The van der Waals surface area contributed by atoms with E-state index in [0.717, 1.165) is 39.6 Å². The molecule has 0 N–H and O–H groups in total. The van der Waals surface area contributed by atoms with Gasteiger partial charge in [0.1, 0.15) is 0 Å². The van der Waals surface area contributed by atoms with Crippen LogP contribution in [-0.2, 0) is 31.9 Å². The molecule has 3 aliphatic rings. The number of nitrogens with zero attached hydrogens (tertiary/aromatic N) is 5. The van der Waals surface area contributed by atoms with Crippen molar-refractivity contribution >= 4 is 55.9 Å². The van der Waals surface area contributed by atoms with Gasteiger partial charge in [0, 0.05) is 50.0 Å². The number of hydrogen-bond acceptors (Lipinski definition) is 4. The molecule has 0 bridgehead atoms. The molecule has 1 atom stereocenters. The summed E-state index contributed by atoms with van der Waals surface area (Å²) in [5.41, 5.74) is 15.0. The van der Waals surface area contributed by atoms with E-state index in [4.69, 9.17) is 0 Å². The molecule has 4 heterocycles. The maximum absolute atomic E-state index is 4.16. The van der Waals surface area contributed by atoms with E-state index in [1.807, 2.05) is 0 Å². The van der Waals surface area contributed by atoms with Crippen LogP contribution in [0.2, 0.25) is 0 Å². The fraction of sp³-hybridized carbons (Fsp3) is 0.137. The Kier molecular flexibility index (Phi) is 8.05. The van der Waals surface area contributed by atoms with Crippen LogP contribution < -0.4 is 19.6 Å². The van der Waals surface area contributed by atoms with Crippen molar-refractivity contribution in [2.75, 3.05) is 33.7 Å². The zero-order chi connectivity index (χ0) is 37.9. The largest absolute Gasteiger partial charge is 4.00 e. The molecule has 7 aromatic carbocycles. The minimum absolute atomic E-state index is 0. The second-order valence-corrected chi connectivity index (χ2v) is 16.4. The molecule has 11 rings (SSSR count). The molecule has 1 aromatic heterocycles. The first-order valence-electron chi connectivity index (χ1n) is 19.4. The van der Waals surface area contributed by atoms with Crippen LogP contribution in [0.25, 0.3) is 27.5 Å². The maximum Gasteiger partial charge on any atom is 4.00 e. The van der Waals surface area contributed by atoms with Gasteiger partial charge in [-0.1, -0.05) is 117 Å². The third kappa shape index (κ3) is 5.04. The van der Waals surface area contributed by atoms with Gasteiger partial charge in [0.25, 0.3) is 0 Å². The van der Waals surface area contributed by atoms with Crippen molar-refractivity contribution in [2.45, 2.75) is 31.6 Å². The van der Waals surface area contributed by atoms with Crippen molar-refractivity contribution in [3.63, 3.8) is 0 Å². The van der Waals surface area contributed by atoms with E-state index >= 15 is 0 Å². The van der Waals surface area contributed by atoms with Crippen LogP contribution in [0.3, 0.4) is 0 Å². The Morgan fingerprint density at radius 3 is 1.82 bits per heavy atom. The maximum atomic E-state index is 4.16. The van der Waals surface area contributed by atoms with Crippen LogP contribution in [0.15, 0.2) is 146 Å². The van der Waals surface area contributed by atoms with E-state index in [2.05, 4.69) is 230 Å². The van der Waals surface area contributed by atoms with E-state index in [0.29, 0.717) is 0 Å². The third-order valence-electron chi connectivity index (χ3n) is 12.1. The van der Waals surface area contributed by atoms with Gasteiger partial charge in [-0.15, -0.1) is 40.7 Å². The van der Waals surface area contributed by atoms with Gasteiger partial charge < -0.3 is 24.2 Å². The summed E-state index contributed by atoms with van der Waals surface area (Å²) in [5.74, 6) is 0. The SMILES string of the molecule is CN1[CH-]N(c2[c-]c3c(cc2)-n2c4ccccc4c4cccc(c42)C3(c2[c-]c(N3[CH-]N(C)c4ccccc43)cc(C(C)(C)C)c2)c2ccccc2)c2ccccc21.[Pt+4]. The second-order valence-electron chi connectivity index (χ2n) is 16.4. The Morgan fingerprint density at radius 2 is 1.14 bits per heavy atom. The fourth-order valence-corrected chi connectivity index (χ4v) is 9.45. The summed E-state index contributed by atoms with van der Waals surface area (Å²) < 4.78 is 2.48. The number of hydrogen-bond donors (Lipinski definition) is 0. The van der Waals surface area contributed by atoms with E-state index in [9.17, 15) is 0 Å². The summed E-state index contributed by atoms with van der Waals surface area (Å²) in [4.78, 5) is 8.98. The molecule has 0 fully saturated rings. The number of anilines is 6. The van der Waals surface area contributed by atoms with Crippen molar-refractivity contribution in [1.82, 2.24) is 4.57 Å². The minimum atomic E-state index is -0.789. The molecule has 6 heteroatoms. The fourth-order valence-electron chi connectivity index (χ4n) is 9.45. The summed E-state index contributed by atoms with van der Waals surface area (Å²) in [6.07, 6.45) is 0. The smallest absolute Gasteiger partial charge is 0.504 e. The van der Waals surface area contributed by atoms with Crippen LogP contribution >= 0.6 is 0 Å². The molecule has 1 unspecified atom stereocenters. The summed E-state index contributed by atoms with van der Waals surface area (Å²) in [6.45, 7) is 11.3. The average molecular weight is 919 g/mol. The summed E-state index contributed by atoms with van der Waals surface area (Å²) in [5, 5.41) is 2.48. The van der Waals surface area contributed by atoms with Gasteiger partial charge in [-0.2, -0.15) is 37.1 Å². The Hall–Kier alpha value is -5.77. The molecule has 0 aliphatic carbocycles. The van der Waals surface area contributed by atoms with Gasteiger partial charge in [0.05, 0.1) is 0 Å². The van der Waals surface area contributed by atoms with Crippen LogP contribution in [-0.4, -0.2) is 18.7 Å². The molecule has 280 valence electrons. The zero-order valence-corrected chi connectivity index (χ0v) is 34.8. The van der Waals surface area contributed by atoms with Crippen LogP contribution in [0, 0.1) is 25.5 Å². The number of rotatable bonds is 4. The zero-order valence-electron chi connectivity index (χ0n) is 32.6. The van der Waals surface area contributed by atoms with E-state index < -0.39 is 5.41 Å². The van der Waals surface area contributed by atoms with Gasteiger partial charge in [0.2, 0.25) is 0 Å². The molecule has 0 amide bonds. The molecule has 5 nitrogen and oxygen atoms in total. The van der Waals surface area contributed by atoms with Gasteiger partial charge in [-0.25, -0.2) is 0 Å². The van der Waals surface area contributed by atoms with Gasteiger partial charge >= 0.3 is 21.1 Å². The van der Waals surface area contributed by atoms with Crippen molar-refractivity contribution in [1.29, 1.82) is 0 Å². The normalized spacial score (nSPS) is 16.9. The van der Waals surface area contributed by atoms with Crippen LogP contribution in [0.4, 0.5) is 34.1 Å². The van der Waals surface area contributed by atoms with Crippen LogP contribution in [0.1, 0.15) is 48.6 Å². The standard InChI is InChI=1S/C51H41N5.Pt/c1-50(2,3)35-28-36(30-38(29-35)55-33-53(5)46-23-12-14-25-48(46)55)51(34-16-7-6-8-17-34)41-20-15-19-40-39-18-9-10-21-43(39)56(49(40)41)44-27-26-37(31-42(44)51)54-32-52(4)45-22-11-13-24-47(45)54;/h6-29,32-33H,1-5H3;/q-4;+4. The van der Waals surface area contributed by atoms with E-state index in [1.165, 1.54) is 49.9 Å².